The maximum atomic E-state index is 11.6. The zero-order valence-corrected chi connectivity index (χ0v) is 8.75. The monoisotopic (exact) mass is 194 g/mol. The Hall–Kier alpha value is -0.790. The van der Waals surface area contributed by atoms with Gasteiger partial charge in [0.05, 0.1) is 6.26 Å². The Bertz CT molecular complexity index is 280. The molecule has 2 unspecified atom stereocenters. The molecule has 2 heteroatoms. The summed E-state index contributed by atoms with van der Waals surface area (Å²) in [5.74, 6) is 0.726. The van der Waals surface area contributed by atoms with Gasteiger partial charge in [-0.25, -0.2) is 0 Å². The van der Waals surface area contributed by atoms with Crippen molar-refractivity contribution in [2.75, 3.05) is 0 Å². The Kier molecular flexibility index (Phi) is 2.38. The first kappa shape index (κ1) is 9.75. The second kappa shape index (κ2) is 3.41. The number of carbonyl (C=O) groups excluding carboxylic acids is 1. The van der Waals surface area contributed by atoms with Gasteiger partial charge < -0.3 is 5.11 Å². The molecule has 2 atom stereocenters. The van der Waals surface area contributed by atoms with E-state index in [1.165, 1.54) is 25.7 Å². The highest BCUT2D eigenvalue weighted by Gasteiger charge is 2.42. The summed E-state index contributed by atoms with van der Waals surface area (Å²) in [5.41, 5.74) is 0.923. The highest BCUT2D eigenvalue weighted by atomic mass is 16.2. The molecule has 2 nitrogen and oxygen atoms in total. The van der Waals surface area contributed by atoms with Crippen LogP contribution in [-0.2, 0) is 4.79 Å². The van der Waals surface area contributed by atoms with E-state index in [2.05, 4.69) is 6.92 Å². The first-order valence-electron chi connectivity index (χ1n) is 5.52. The average Bonchev–Trinajstić information content (AvgIpc) is 2.18. The normalized spacial score (nSPS) is 41.1. The quantitative estimate of drug-likeness (QED) is 0.475. The average molecular weight is 194 g/mol. The molecule has 0 aromatic rings. The number of fused-ring (bicyclic) bond motifs is 1. The topological polar surface area (TPSA) is 37.3 Å². The molecule has 0 aromatic carbocycles. The number of ketones is 1. The van der Waals surface area contributed by atoms with Gasteiger partial charge in [-0.05, 0) is 30.6 Å². The van der Waals surface area contributed by atoms with E-state index in [9.17, 15) is 4.79 Å². The lowest BCUT2D eigenvalue weighted by atomic mass is 9.59. The summed E-state index contributed by atoms with van der Waals surface area (Å²) >= 11 is 0. The molecule has 0 bridgehead atoms. The molecule has 0 aromatic heterocycles. The summed E-state index contributed by atoms with van der Waals surface area (Å²) in [4.78, 5) is 11.6. The van der Waals surface area contributed by atoms with Gasteiger partial charge in [0.15, 0.2) is 5.78 Å². The molecular formula is C12H18O2. The fraction of sp³-hybridized carbons (Fsp3) is 0.750. The van der Waals surface area contributed by atoms with Crippen molar-refractivity contribution in [3.63, 3.8) is 0 Å². The smallest absolute Gasteiger partial charge is 0.162 e. The number of hydrogen-bond acceptors (Lipinski definition) is 2. The number of carbonyl (C=O) groups is 1. The van der Waals surface area contributed by atoms with Crippen molar-refractivity contribution in [1.82, 2.24) is 0 Å². The third-order valence-corrected chi connectivity index (χ3v) is 4.08. The molecule has 14 heavy (non-hydrogen) atoms. The van der Waals surface area contributed by atoms with Gasteiger partial charge in [0.25, 0.3) is 0 Å². The summed E-state index contributed by atoms with van der Waals surface area (Å²) < 4.78 is 0. The Balaban J connectivity index is 2.21. The van der Waals surface area contributed by atoms with Crippen LogP contribution in [0.5, 0.6) is 0 Å². The summed E-state index contributed by atoms with van der Waals surface area (Å²) in [7, 11) is 0. The number of Topliss-reactive ketones (excluding diaryl/α,β-unsaturated/α-hetero) is 1. The lowest BCUT2D eigenvalue weighted by molar-refractivity contribution is -0.121. The van der Waals surface area contributed by atoms with Crippen molar-refractivity contribution < 1.29 is 9.90 Å². The third-order valence-electron chi connectivity index (χ3n) is 4.08. The second-order valence-electron chi connectivity index (χ2n) is 5.06. The number of hydrogen-bond donors (Lipinski definition) is 1. The molecule has 0 aliphatic heterocycles. The van der Waals surface area contributed by atoms with Crippen molar-refractivity contribution in [2.24, 2.45) is 11.3 Å². The molecular weight excluding hydrogens is 176 g/mol. The zero-order chi connectivity index (χ0) is 10.2. The van der Waals surface area contributed by atoms with Gasteiger partial charge in [-0.1, -0.05) is 19.8 Å². The van der Waals surface area contributed by atoms with E-state index in [1.54, 1.807) is 0 Å². The summed E-state index contributed by atoms with van der Waals surface area (Å²) in [6, 6.07) is 0. The molecule has 0 amide bonds. The fourth-order valence-corrected chi connectivity index (χ4v) is 3.06. The van der Waals surface area contributed by atoms with Crippen LogP contribution < -0.4 is 0 Å². The van der Waals surface area contributed by atoms with Crippen LogP contribution in [0.3, 0.4) is 0 Å². The van der Waals surface area contributed by atoms with Crippen molar-refractivity contribution in [3.05, 3.63) is 11.8 Å². The van der Waals surface area contributed by atoms with Crippen LogP contribution in [0.2, 0.25) is 0 Å². The first-order valence-corrected chi connectivity index (χ1v) is 5.52. The van der Waals surface area contributed by atoms with Crippen LogP contribution in [0.25, 0.3) is 0 Å². The molecule has 2 fully saturated rings. The molecule has 1 N–H and O–H groups in total. The lowest BCUT2D eigenvalue weighted by Crippen LogP contribution is -2.38. The Morgan fingerprint density at radius 2 is 2.29 bits per heavy atom. The summed E-state index contributed by atoms with van der Waals surface area (Å²) in [6.45, 7) is 2.27. The minimum atomic E-state index is 0.164. The minimum absolute atomic E-state index is 0.164. The molecule has 2 aliphatic carbocycles. The largest absolute Gasteiger partial charge is 0.515 e. The van der Waals surface area contributed by atoms with Crippen molar-refractivity contribution >= 4 is 5.78 Å². The van der Waals surface area contributed by atoms with Crippen LogP contribution in [0.15, 0.2) is 11.8 Å². The molecule has 0 spiro atoms. The van der Waals surface area contributed by atoms with Crippen LogP contribution in [0, 0.1) is 11.3 Å². The molecule has 0 heterocycles. The zero-order valence-electron chi connectivity index (χ0n) is 8.75. The fourth-order valence-electron chi connectivity index (χ4n) is 3.06. The van der Waals surface area contributed by atoms with Gasteiger partial charge in [-0.15, -0.1) is 0 Å². The number of aliphatic hydroxyl groups is 1. The van der Waals surface area contributed by atoms with Crippen LogP contribution in [0.1, 0.15) is 45.4 Å². The van der Waals surface area contributed by atoms with E-state index in [-0.39, 0.29) is 11.2 Å². The van der Waals surface area contributed by atoms with E-state index in [1.807, 2.05) is 0 Å². The Morgan fingerprint density at radius 1 is 1.50 bits per heavy atom. The molecule has 0 saturated heterocycles. The number of rotatable bonds is 0. The Labute approximate surface area is 85.0 Å². The molecule has 2 rings (SSSR count). The van der Waals surface area contributed by atoms with E-state index < -0.39 is 0 Å². The van der Waals surface area contributed by atoms with Crippen LogP contribution >= 0.6 is 0 Å². The summed E-state index contributed by atoms with van der Waals surface area (Å²) in [5, 5.41) is 8.98. The predicted octanol–water partition coefficient (Wildman–Crippen LogP) is 2.99. The SMILES string of the molecule is CC12CCCCC1CC(=O)/C(=C/O)C2. The van der Waals surface area contributed by atoms with Gasteiger partial charge in [-0.2, -0.15) is 0 Å². The van der Waals surface area contributed by atoms with Crippen molar-refractivity contribution in [2.45, 2.75) is 45.4 Å². The predicted molar refractivity (Wildman–Crippen MR) is 55.0 cm³/mol. The maximum Gasteiger partial charge on any atom is 0.162 e. The lowest BCUT2D eigenvalue weighted by Gasteiger charge is -2.45. The highest BCUT2D eigenvalue weighted by molar-refractivity contribution is 5.96. The van der Waals surface area contributed by atoms with E-state index in [4.69, 9.17) is 5.11 Å². The van der Waals surface area contributed by atoms with E-state index in [0.29, 0.717) is 17.9 Å². The minimum Gasteiger partial charge on any atom is -0.515 e. The van der Waals surface area contributed by atoms with Gasteiger partial charge in [-0.3, -0.25) is 4.79 Å². The summed E-state index contributed by atoms with van der Waals surface area (Å²) in [6.07, 6.45) is 7.42. The standard InChI is InChI=1S/C12H18O2/c1-12-5-3-2-4-10(12)6-11(14)9(7-12)8-13/h8,10,13H,2-7H2,1H3/b9-8+. The van der Waals surface area contributed by atoms with Crippen LogP contribution in [-0.4, -0.2) is 10.9 Å². The van der Waals surface area contributed by atoms with Crippen molar-refractivity contribution in [3.8, 4) is 0 Å². The maximum absolute atomic E-state index is 11.6. The first-order chi connectivity index (χ1) is 6.65. The van der Waals surface area contributed by atoms with Gasteiger partial charge in [0.1, 0.15) is 0 Å². The molecule has 0 radical (unpaired) electrons. The number of aliphatic hydroxyl groups excluding tert-OH is 1. The Morgan fingerprint density at radius 3 is 3.00 bits per heavy atom. The highest BCUT2D eigenvalue weighted by Crippen LogP contribution is 2.50. The van der Waals surface area contributed by atoms with E-state index >= 15 is 0 Å². The second-order valence-corrected chi connectivity index (χ2v) is 5.06. The van der Waals surface area contributed by atoms with Crippen LogP contribution in [0.4, 0.5) is 0 Å². The van der Waals surface area contributed by atoms with Gasteiger partial charge >= 0.3 is 0 Å². The van der Waals surface area contributed by atoms with Gasteiger partial charge in [0.2, 0.25) is 0 Å². The number of allylic oxidation sites excluding steroid dienone is 1. The van der Waals surface area contributed by atoms with E-state index in [0.717, 1.165) is 12.7 Å². The third kappa shape index (κ3) is 1.47. The molecule has 2 aliphatic rings. The van der Waals surface area contributed by atoms with Gasteiger partial charge in [0, 0.05) is 12.0 Å². The molecule has 78 valence electrons. The van der Waals surface area contributed by atoms with Crippen molar-refractivity contribution in [1.29, 1.82) is 0 Å². The molecule has 2 saturated carbocycles.